The van der Waals surface area contributed by atoms with Crippen LogP contribution in [0.15, 0.2) is 0 Å². The second-order valence-electron chi connectivity index (χ2n) is 2.82. The van der Waals surface area contributed by atoms with Crippen LogP contribution in [0.1, 0.15) is 26.7 Å². The summed E-state index contributed by atoms with van der Waals surface area (Å²) in [7, 11) is -4.73. The third-order valence-corrected chi connectivity index (χ3v) is 1.67. The second-order valence-corrected chi connectivity index (χ2v) is 3.97. The number of hydrogen-bond acceptors (Lipinski definition) is 4. The van der Waals surface area contributed by atoms with Gasteiger partial charge in [-0.1, -0.05) is 13.8 Å². The number of phosphoric acid groups is 1. The molecule has 0 amide bonds. The summed E-state index contributed by atoms with van der Waals surface area (Å²) in [6.07, 6.45) is 1.49. The fourth-order valence-corrected chi connectivity index (χ4v) is 1.02. The van der Waals surface area contributed by atoms with Crippen LogP contribution >= 0.6 is 7.82 Å². The van der Waals surface area contributed by atoms with E-state index >= 15 is 0 Å². The molecule has 0 aromatic rings. The molecule has 0 aliphatic carbocycles. The van der Waals surface area contributed by atoms with Crippen LogP contribution in [-0.2, 0) is 9.09 Å². The summed E-state index contributed by atoms with van der Waals surface area (Å²) in [6, 6.07) is 0. The smallest absolute Gasteiger partial charge is 0.790 e. The Morgan fingerprint density at radius 3 is 2.08 bits per heavy atom. The SMILES string of the molecule is CC(C)CCCOP(=O)([O-])[O-].[K+].[K+]. The summed E-state index contributed by atoms with van der Waals surface area (Å²) in [5.74, 6) is 0.510. The molecule has 0 saturated carbocycles. The standard InChI is InChI=1S/C6H15O4P.2K/c1-6(2)4-3-5-10-11(7,8)9;;/h6H,3-5H2,1-2H3,(H2,7,8,9);;/q;2*+1/p-2. The van der Waals surface area contributed by atoms with Gasteiger partial charge in [0.15, 0.2) is 0 Å². The van der Waals surface area contributed by atoms with Gasteiger partial charge in [-0.05, 0) is 18.8 Å². The largest absolute Gasteiger partial charge is 1.00 e. The van der Waals surface area contributed by atoms with Gasteiger partial charge in [-0.2, -0.15) is 0 Å². The molecule has 0 aromatic heterocycles. The first-order valence-corrected chi connectivity index (χ1v) is 5.04. The van der Waals surface area contributed by atoms with Crippen LogP contribution in [0, 0.1) is 5.92 Å². The molecular weight excluding hydrogens is 245 g/mol. The van der Waals surface area contributed by atoms with E-state index < -0.39 is 7.82 Å². The van der Waals surface area contributed by atoms with Gasteiger partial charge >= 0.3 is 103 Å². The zero-order valence-electron chi connectivity index (χ0n) is 8.78. The van der Waals surface area contributed by atoms with Crippen molar-refractivity contribution < 1.29 is 122 Å². The van der Waals surface area contributed by atoms with Crippen LogP contribution in [0.5, 0.6) is 0 Å². The molecule has 0 radical (unpaired) electrons. The molecular formula is C6H13K2O4P. The molecule has 0 N–H and O–H groups in total. The third kappa shape index (κ3) is 21.3. The van der Waals surface area contributed by atoms with Crippen LogP contribution in [0.3, 0.4) is 0 Å². The van der Waals surface area contributed by atoms with E-state index in [-0.39, 0.29) is 109 Å². The summed E-state index contributed by atoms with van der Waals surface area (Å²) in [6.45, 7) is 4.06. The summed E-state index contributed by atoms with van der Waals surface area (Å²) >= 11 is 0. The van der Waals surface area contributed by atoms with E-state index in [0.717, 1.165) is 6.42 Å². The van der Waals surface area contributed by atoms with E-state index in [1.807, 2.05) is 13.8 Å². The van der Waals surface area contributed by atoms with Crippen molar-refractivity contribution in [2.45, 2.75) is 26.7 Å². The van der Waals surface area contributed by atoms with Crippen molar-refractivity contribution in [2.24, 2.45) is 5.92 Å². The number of phosphoric ester groups is 1. The van der Waals surface area contributed by atoms with Crippen LogP contribution in [0.25, 0.3) is 0 Å². The Morgan fingerprint density at radius 1 is 1.31 bits per heavy atom. The first-order valence-electron chi connectivity index (χ1n) is 3.58. The minimum Gasteiger partial charge on any atom is -0.790 e. The zero-order chi connectivity index (χ0) is 8.91. The second kappa shape index (κ2) is 11.9. The van der Waals surface area contributed by atoms with E-state index in [9.17, 15) is 14.4 Å². The molecule has 0 rings (SSSR count). The maximum atomic E-state index is 9.93. The molecule has 0 bridgehead atoms. The molecule has 0 spiro atoms. The van der Waals surface area contributed by atoms with E-state index in [4.69, 9.17) is 0 Å². The predicted octanol–water partition coefficient (Wildman–Crippen LogP) is -5.72. The molecule has 0 aliphatic heterocycles. The maximum Gasteiger partial charge on any atom is 1.00 e. The van der Waals surface area contributed by atoms with E-state index in [2.05, 4.69) is 4.52 Å². The first-order chi connectivity index (χ1) is 4.92. The van der Waals surface area contributed by atoms with Crippen molar-refractivity contribution in [1.29, 1.82) is 0 Å². The van der Waals surface area contributed by atoms with Crippen LogP contribution in [-0.4, -0.2) is 6.61 Å². The molecule has 0 aliphatic rings. The molecule has 0 aromatic carbocycles. The van der Waals surface area contributed by atoms with E-state index in [0.29, 0.717) is 12.3 Å². The molecule has 7 heteroatoms. The maximum absolute atomic E-state index is 9.93. The molecule has 4 nitrogen and oxygen atoms in total. The Morgan fingerprint density at radius 2 is 1.77 bits per heavy atom. The van der Waals surface area contributed by atoms with Crippen molar-refractivity contribution in [1.82, 2.24) is 0 Å². The van der Waals surface area contributed by atoms with Crippen LogP contribution < -0.4 is 113 Å². The summed E-state index contributed by atoms with van der Waals surface area (Å²) in [5.41, 5.74) is 0. The van der Waals surface area contributed by atoms with Gasteiger partial charge in [0, 0.05) is 0 Å². The van der Waals surface area contributed by atoms with Gasteiger partial charge in [0.1, 0.15) is 0 Å². The Hall–Kier alpha value is 3.38. The van der Waals surface area contributed by atoms with Gasteiger partial charge < -0.3 is 18.9 Å². The van der Waals surface area contributed by atoms with E-state index in [1.54, 1.807) is 0 Å². The molecule has 0 atom stereocenters. The van der Waals surface area contributed by atoms with Crippen molar-refractivity contribution in [3.8, 4) is 0 Å². The predicted molar refractivity (Wildman–Crippen MR) is 37.6 cm³/mol. The van der Waals surface area contributed by atoms with Gasteiger partial charge in [-0.25, -0.2) is 0 Å². The molecule has 0 saturated heterocycles. The summed E-state index contributed by atoms with van der Waals surface area (Å²) in [4.78, 5) is 19.9. The van der Waals surface area contributed by atoms with Gasteiger partial charge in [0.25, 0.3) is 0 Å². The van der Waals surface area contributed by atoms with Crippen molar-refractivity contribution in [3.05, 3.63) is 0 Å². The average Bonchev–Trinajstić information content (AvgIpc) is 1.78. The quantitative estimate of drug-likeness (QED) is 0.280. The molecule has 0 unspecified atom stereocenters. The molecule has 0 fully saturated rings. The van der Waals surface area contributed by atoms with Crippen molar-refractivity contribution in [2.75, 3.05) is 6.61 Å². The Kier molecular flexibility index (Phi) is 19.7. The Balaban J connectivity index is -0.000000500. The average molecular weight is 258 g/mol. The van der Waals surface area contributed by atoms with Crippen molar-refractivity contribution in [3.63, 3.8) is 0 Å². The van der Waals surface area contributed by atoms with Gasteiger partial charge in [0.2, 0.25) is 0 Å². The molecule has 68 valence electrons. The molecule has 0 heterocycles. The van der Waals surface area contributed by atoms with Gasteiger partial charge in [0.05, 0.1) is 14.4 Å². The number of rotatable bonds is 5. The Labute approximate surface area is 165 Å². The minimum atomic E-state index is -4.73. The Bertz CT molecular complexity index is 148. The third-order valence-electron chi connectivity index (χ3n) is 1.18. The normalized spacial score (nSPS) is 10.5. The minimum absolute atomic E-state index is 0. The van der Waals surface area contributed by atoms with Crippen LogP contribution in [0.2, 0.25) is 0 Å². The van der Waals surface area contributed by atoms with Crippen LogP contribution in [0.4, 0.5) is 0 Å². The fourth-order valence-electron chi connectivity index (χ4n) is 0.668. The summed E-state index contributed by atoms with van der Waals surface area (Å²) < 4.78 is 14.0. The van der Waals surface area contributed by atoms with Gasteiger partial charge in [-0.3, -0.25) is 0 Å². The monoisotopic (exact) mass is 258 g/mol. The first kappa shape index (κ1) is 21.6. The topological polar surface area (TPSA) is 72.4 Å². The number of hydrogen-bond donors (Lipinski definition) is 0. The molecule has 13 heavy (non-hydrogen) atoms. The van der Waals surface area contributed by atoms with E-state index in [1.165, 1.54) is 0 Å². The zero-order valence-corrected chi connectivity index (χ0v) is 15.9. The summed E-state index contributed by atoms with van der Waals surface area (Å²) in [5, 5.41) is 0. The van der Waals surface area contributed by atoms with Crippen molar-refractivity contribution >= 4 is 7.82 Å². The fraction of sp³-hybridized carbons (Fsp3) is 1.00. The van der Waals surface area contributed by atoms with Gasteiger partial charge in [-0.15, -0.1) is 0 Å².